The molecule has 1 saturated carbocycles. The van der Waals surface area contributed by atoms with Gasteiger partial charge in [-0.05, 0) is 56.4 Å². The molecule has 8 nitrogen and oxygen atoms in total. The molecule has 9 heteroatoms. The Hall–Kier alpha value is -3.75. The quantitative estimate of drug-likeness (QED) is 0.487. The lowest BCUT2D eigenvalue weighted by molar-refractivity contribution is 0.227. The van der Waals surface area contributed by atoms with E-state index in [2.05, 4.69) is 15.2 Å². The second kappa shape index (κ2) is 7.65. The van der Waals surface area contributed by atoms with Crippen molar-refractivity contribution in [1.29, 1.82) is 0 Å². The Balaban J connectivity index is 1.62. The zero-order chi connectivity index (χ0) is 23.6. The highest BCUT2D eigenvalue weighted by Gasteiger charge is 2.29. The highest BCUT2D eigenvalue weighted by Crippen LogP contribution is 2.41. The molecule has 34 heavy (non-hydrogen) atoms. The van der Waals surface area contributed by atoms with Gasteiger partial charge in [-0.2, -0.15) is 20.1 Å². The average Bonchev–Trinajstić information content (AvgIpc) is 3.46. The molecule has 3 aromatic heterocycles. The van der Waals surface area contributed by atoms with Gasteiger partial charge in [0.1, 0.15) is 17.6 Å². The Morgan fingerprint density at radius 1 is 1.15 bits per heavy atom. The van der Waals surface area contributed by atoms with Crippen molar-refractivity contribution >= 4 is 5.82 Å². The molecule has 4 aromatic rings. The molecule has 2 aliphatic rings. The minimum atomic E-state index is -0.487. The fraction of sp³-hybridized carbons (Fsp3) is 0.360. The number of aryl methyl sites for hydroxylation is 2. The number of pyridine rings is 1. The van der Waals surface area contributed by atoms with Gasteiger partial charge in [0.05, 0.1) is 17.1 Å². The first-order valence-electron chi connectivity index (χ1n) is 11.5. The second-order valence-corrected chi connectivity index (χ2v) is 9.30. The SMILES string of the molecule is C[C@H]1Oc2cc(cnc2N)-c2c(CC3CC3)nn(C)c2Cc2nn(C)nc2-c2ccc(F)cc21. The smallest absolute Gasteiger partial charge is 0.166 e. The van der Waals surface area contributed by atoms with Gasteiger partial charge < -0.3 is 10.5 Å². The van der Waals surface area contributed by atoms with Crippen molar-refractivity contribution in [2.75, 3.05) is 5.73 Å². The highest BCUT2D eigenvalue weighted by atomic mass is 19.1. The van der Waals surface area contributed by atoms with Crippen LogP contribution in [0.4, 0.5) is 10.2 Å². The number of nitrogen functional groups attached to an aromatic ring is 1. The number of benzene rings is 1. The molecule has 0 unspecified atom stereocenters. The fourth-order valence-electron chi connectivity index (χ4n) is 4.85. The minimum absolute atomic E-state index is 0.292. The van der Waals surface area contributed by atoms with Gasteiger partial charge in [0.2, 0.25) is 0 Å². The van der Waals surface area contributed by atoms with Gasteiger partial charge in [0.25, 0.3) is 0 Å². The molecule has 174 valence electrons. The summed E-state index contributed by atoms with van der Waals surface area (Å²) in [6.45, 7) is 1.88. The van der Waals surface area contributed by atoms with E-state index in [4.69, 9.17) is 15.6 Å². The number of fused-ring (bicyclic) bond motifs is 7. The average molecular weight is 460 g/mol. The van der Waals surface area contributed by atoms with E-state index in [0.717, 1.165) is 40.2 Å². The van der Waals surface area contributed by atoms with Crippen LogP contribution in [0.5, 0.6) is 5.75 Å². The third-order valence-electron chi connectivity index (χ3n) is 6.72. The largest absolute Gasteiger partial charge is 0.482 e. The summed E-state index contributed by atoms with van der Waals surface area (Å²) in [5.41, 5.74) is 13.2. The van der Waals surface area contributed by atoms with Gasteiger partial charge in [-0.1, -0.05) is 0 Å². The predicted molar refractivity (Wildman–Crippen MR) is 126 cm³/mol. The standard InChI is InChI=1S/C25H26FN7O/c1-13-18-10-16(26)6-7-17(18)24-20(30-33(3)31-24)11-21-23(15-9-22(34-13)25(27)28-12-15)19(29-32(21)2)8-14-4-5-14/h6-7,9-10,12-14H,4-5,8,11H2,1-3H3,(H2,27,28)/t13-/m1/s1. The molecule has 1 aromatic carbocycles. The molecule has 0 amide bonds. The number of hydrogen-bond donors (Lipinski definition) is 1. The zero-order valence-electron chi connectivity index (χ0n) is 19.4. The van der Waals surface area contributed by atoms with E-state index in [0.29, 0.717) is 35.2 Å². The molecule has 1 aliphatic heterocycles. The number of ether oxygens (including phenoxy) is 1. The summed E-state index contributed by atoms with van der Waals surface area (Å²) in [4.78, 5) is 6.00. The first kappa shape index (κ1) is 20.8. The minimum Gasteiger partial charge on any atom is -0.482 e. The van der Waals surface area contributed by atoms with Crippen molar-refractivity contribution in [2.45, 2.75) is 38.7 Å². The molecule has 1 atom stereocenters. The number of nitrogens with two attached hydrogens (primary N) is 1. The van der Waals surface area contributed by atoms with Crippen LogP contribution in [0.2, 0.25) is 0 Å². The maximum absolute atomic E-state index is 14.3. The molecular weight excluding hydrogens is 433 g/mol. The first-order chi connectivity index (χ1) is 16.4. The van der Waals surface area contributed by atoms with Gasteiger partial charge in [0, 0.05) is 49.0 Å². The third kappa shape index (κ3) is 3.52. The lowest BCUT2D eigenvalue weighted by Gasteiger charge is -2.20. The van der Waals surface area contributed by atoms with E-state index < -0.39 is 6.10 Å². The molecule has 2 N–H and O–H groups in total. The summed E-state index contributed by atoms with van der Waals surface area (Å²) in [5, 5.41) is 14.2. The molecular formula is C25H26FN7O. The van der Waals surface area contributed by atoms with E-state index in [1.54, 1.807) is 24.1 Å². The molecule has 0 spiro atoms. The molecule has 4 heterocycles. The third-order valence-corrected chi connectivity index (χ3v) is 6.72. The number of aromatic nitrogens is 6. The Morgan fingerprint density at radius 3 is 2.76 bits per heavy atom. The van der Waals surface area contributed by atoms with Crippen LogP contribution in [-0.4, -0.2) is 29.8 Å². The lowest BCUT2D eigenvalue weighted by Crippen LogP contribution is -2.10. The summed E-state index contributed by atoms with van der Waals surface area (Å²) in [5.74, 6) is 1.09. The lowest BCUT2D eigenvalue weighted by atomic mass is 9.95. The Kier molecular flexibility index (Phi) is 4.68. The Labute approximate surface area is 196 Å². The van der Waals surface area contributed by atoms with Crippen LogP contribution < -0.4 is 10.5 Å². The van der Waals surface area contributed by atoms with E-state index in [1.165, 1.54) is 25.0 Å². The molecule has 6 rings (SSSR count). The van der Waals surface area contributed by atoms with Crippen LogP contribution in [0.3, 0.4) is 0 Å². The highest BCUT2D eigenvalue weighted by molar-refractivity contribution is 5.74. The molecule has 1 fully saturated rings. The van der Waals surface area contributed by atoms with Gasteiger partial charge >= 0.3 is 0 Å². The van der Waals surface area contributed by atoms with Crippen LogP contribution in [0, 0.1) is 11.7 Å². The maximum atomic E-state index is 14.3. The number of rotatable bonds is 2. The Morgan fingerprint density at radius 2 is 1.97 bits per heavy atom. The normalized spacial score (nSPS) is 17.1. The molecule has 1 aliphatic carbocycles. The van der Waals surface area contributed by atoms with Crippen molar-refractivity contribution in [3.8, 4) is 28.1 Å². The number of nitrogens with zero attached hydrogens (tertiary/aromatic N) is 6. The van der Waals surface area contributed by atoms with Gasteiger partial charge in [0.15, 0.2) is 11.6 Å². The second-order valence-electron chi connectivity index (χ2n) is 9.30. The molecule has 0 saturated heterocycles. The molecule has 0 radical (unpaired) electrons. The van der Waals surface area contributed by atoms with Crippen molar-refractivity contribution in [1.82, 2.24) is 29.8 Å². The van der Waals surface area contributed by atoms with Crippen LogP contribution in [0.15, 0.2) is 30.5 Å². The van der Waals surface area contributed by atoms with Crippen molar-refractivity contribution in [2.24, 2.45) is 20.0 Å². The van der Waals surface area contributed by atoms with Crippen LogP contribution in [0.25, 0.3) is 22.4 Å². The monoisotopic (exact) mass is 459 g/mol. The number of hydrogen-bond acceptors (Lipinski definition) is 6. The van der Waals surface area contributed by atoms with E-state index >= 15 is 0 Å². The van der Waals surface area contributed by atoms with E-state index in [-0.39, 0.29) is 5.82 Å². The summed E-state index contributed by atoms with van der Waals surface area (Å²) in [6, 6.07) is 6.59. The van der Waals surface area contributed by atoms with Crippen LogP contribution in [-0.2, 0) is 26.9 Å². The topological polar surface area (TPSA) is 96.7 Å². The van der Waals surface area contributed by atoms with Crippen LogP contribution in [0.1, 0.15) is 48.5 Å². The number of halogens is 1. The summed E-state index contributed by atoms with van der Waals surface area (Å²) in [6.07, 6.45) is 5.21. The van der Waals surface area contributed by atoms with Gasteiger partial charge in [-0.25, -0.2) is 9.37 Å². The van der Waals surface area contributed by atoms with E-state index in [1.807, 2.05) is 24.7 Å². The first-order valence-corrected chi connectivity index (χ1v) is 11.5. The van der Waals surface area contributed by atoms with Crippen molar-refractivity contribution < 1.29 is 9.13 Å². The van der Waals surface area contributed by atoms with Crippen LogP contribution >= 0.6 is 0 Å². The summed E-state index contributed by atoms with van der Waals surface area (Å²) >= 11 is 0. The summed E-state index contributed by atoms with van der Waals surface area (Å²) in [7, 11) is 3.76. The van der Waals surface area contributed by atoms with Gasteiger partial charge in [-0.15, -0.1) is 0 Å². The molecule has 2 bridgehead atoms. The van der Waals surface area contributed by atoms with Crippen molar-refractivity contribution in [3.63, 3.8) is 0 Å². The maximum Gasteiger partial charge on any atom is 0.166 e. The fourth-order valence-corrected chi connectivity index (χ4v) is 4.85. The van der Waals surface area contributed by atoms with Gasteiger partial charge in [-0.3, -0.25) is 4.68 Å². The predicted octanol–water partition coefficient (Wildman–Crippen LogP) is 4.00. The number of anilines is 1. The Bertz CT molecular complexity index is 1420. The van der Waals surface area contributed by atoms with E-state index in [9.17, 15) is 4.39 Å². The summed E-state index contributed by atoms with van der Waals surface area (Å²) < 4.78 is 22.5. The zero-order valence-corrected chi connectivity index (χ0v) is 19.4. The van der Waals surface area contributed by atoms with Crippen molar-refractivity contribution in [3.05, 3.63) is 58.9 Å².